The van der Waals surface area contributed by atoms with Crippen LogP contribution in [0, 0.1) is 30.5 Å². The molecular weight excluding hydrogens is 225 g/mol. The summed E-state index contributed by atoms with van der Waals surface area (Å²) in [6.45, 7) is -0.291. The zero-order valence-electron chi connectivity index (χ0n) is 8.77. The maximum absolute atomic E-state index is 13.4. The number of carbonyl (C=O) groups excluding carboxylic acids is 1. The number of terminal acetylenes is 2. The minimum atomic E-state index is -0.796. The summed E-state index contributed by atoms with van der Waals surface area (Å²) >= 11 is 0. The lowest BCUT2D eigenvalue weighted by Gasteiger charge is -2.04. The van der Waals surface area contributed by atoms with Crippen LogP contribution in [0.4, 0.5) is 4.39 Å². The maximum atomic E-state index is 13.4. The largest absolute Gasteiger partial charge is 0.462 e. The number of nitrogens with zero attached hydrogens (tertiary/aromatic N) is 1. The first kappa shape index (κ1) is 12.5. The molecule has 1 rings (SSSR count). The van der Waals surface area contributed by atoms with E-state index >= 15 is 0 Å². The molecule has 0 radical (unpaired) electrons. The highest BCUT2D eigenvalue weighted by Gasteiger charge is 2.12. The van der Waals surface area contributed by atoms with Crippen LogP contribution < -0.4 is 4.74 Å². The van der Waals surface area contributed by atoms with Gasteiger partial charge in [0.1, 0.15) is 0 Å². The van der Waals surface area contributed by atoms with Gasteiger partial charge < -0.3 is 9.47 Å². The maximum Gasteiger partial charge on any atom is 0.340 e. The average Bonchev–Trinajstić information content (AvgIpc) is 2.34. The lowest BCUT2D eigenvalue weighted by molar-refractivity contribution is 0.0555. The molecule has 1 heterocycles. The Morgan fingerprint density at radius 3 is 2.71 bits per heavy atom. The van der Waals surface area contributed by atoms with E-state index in [1.807, 2.05) is 0 Å². The summed E-state index contributed by atoms with van der Waals surface area (Å²) in [7, 11) is 0. The lowest BCUT2D eigenvalue weighted by atomic mass is 10.3. The molecule has 0 atom stereocenters. The van der Waals surface area contributed by atoms with Crippen molar-refractivity contribution in [1.82, 2.24) is 4.98 Å². The van der Waals surface area contributed by atoms with Crippen molar-refractivity contribution >= 4 is 5.97 Å². The van der Waals surface area contributed by atoms with Crippen LogP contribution in [-0.4, -0.2) is 24.2 Å². The molecule has 0 aliphatic carbocycles. The predicted molar refractivity (Wildman–Crippen MR) is 57.6 cm³/mol. The second-order valence-corrected chi connectivity index (χ2v) is 2.78. The fourth-order valence-corrected chi connectivity index (χ4v) is 0.944. The van der Waals surface area contributed by atoms with Crippen molar-refractivity contribution in [1.29, 1.82) is 0 Å². The molecule has 0 unspecified atom stereocenters. The van der Waals surface area contributed by atoms with Crippen LogP contribution in [0.15, 0.2) is 12.3 Å². The molecule has 4 nitrogen and oxygen atoms in total. The third-order valence-electron chi connectivity index (χ3n) is 1.62. The van der Waals surface area contributed by atoms with Gasteiger partial charge >= 0.3 is 5.97 Å². The molecule has 0 aliphatic rings. The van der Waals surface area contributed by atoms with E-state index in [0.717, 1.165) is 12.3 Å². The number of rotatable bonds is 4. The number of hydrogen-bond acceptors (Lipinski definition) is 4. The summed E-state index contributed by atoms with van der Waals surface area (Å²) in [5, 5.41) is 0. The van der Waals surface area contributed by atoms with Gasteiger partial charge in [0.2, 0.25) is 0 Å². The van der Waals surface area contributed by atoms with Gasteiger partial charge in [-0.3, -0.25) is 0 Å². The first-order chi connectivity index (χ1) is 8.19. The van der Waals surface area contributed by atoms with Gasteiger partial charge in [-0.1, -0.05) is 11.8 Å². The van der Waals surface area contributed by atoms with Gasteiger partial charge in [-0.2, -0.15) is 0 Å². The van der Waals surface area contributed by atoms with E-state index in [1.54, 1.807) is 0 Å². The zero-order chi connectivity index (χ0) is 12.7. The van der Waals surface area contributed by atoms with Gasteiger partial charge in [0.15, 0.2) is 19.0 Å². The van der Waals surface area contributed by atoms with E-state index in [0.29, 0.717) is 0 Å². The highest BCUT2D eigenvalue weighted by atomic mass is 19.1. The van der Waals surface area contributed by atoms with E-state index in [-0.39, 0.29) is 24.7 Å². The van der Waals surface area contributed by atoms with Crippen LogP contribution in [0.1, 0.15) is 10.4 Å². The third-order valence-corrected chi connectivity index (χ3v) is 1.62. The Morgan fingerprint density at radius 2 is 2.12 bits per heavy atom. The average molecular weight is 233 g/mol. The lowest BCUT2D eigenvalue weighted by Crippen LogP contribution is -2.07. The Labute approximate surface area is 97.8 Å². The highest BCUT2D eigenvalue weighted by Crippen LogP contribution is 2.14. The summed E-state index contributed by atoms with van der Waals surface area (Å²) < 4.78 is 22.7. The summed E-state index contributed by atoms with van der Waals surface area (Å²) in [6, 6.07) is 0.942. The molecule has 1 aromatic heterocycles. The first-order valence-corrected chi connectivity index (χ1v) is 4.51. The number of carbonyl (C=O) groups is 1. The van der Waals surface area contributed by atoms with Crippen molar-refractivity contribution < 1.29 is 18.7 Å². The number of aromatic nitrogens is 1. The molecule has 0 aliphatic heterocycles. The quantitative estimate of drug-likeness (QED) is 0.575. The molecule has 0 amide bonds. The Balaban J connectivity index is 2.79. The number of pyridine rings is 1. The van der Waals surface area contributed by atoms with E-state index < -0.39 is 11.8 Å². The number of ether oxygens (including phenoxy) is 2. The van der Waals surface area contributed by atoms with Crippen LogP contribution in [0.5, 0.6) is 5.88 Å². The smallest absolute Gasteiger partial charge is 0.340 e. The van der Waals surface area contributed by atoms with Crippen molar-refractivity contribution in [2.24, 2.45) is 0 Å². The van der Waals surface area contributed by atoms with Gasteiger partial charge in [-0.25, -0.2) is 14.2 Å². The van der Waals surface area contributed by atoms with E-state index in [2.05, 4.69) is 21.6 Å². The fourth-order valence-electron chi connectivity index (χ4n) is 0.944. The number of esters is 1. The molecular formula is C12H8FNO3. The Bertz CT molecular complexity index is 499. The third kappa shape index (κ3) is 3.51. The van der Waals surface area contributed by atoms with Crippen molar-refractivity contribution in [3.8, 4) is 30.6 Å². The Kier molecular flexibility index (Phi) is 4.53. The van der Waals surface area contributed by atoms with E-state index in [4.69, 9.17) is 17.6 Å². The molecule has 0 fully saturated rings. The topological polar surface area (TPSA) is 48.4 Å². The van der Waals surface area contributed by atoms with Crippen molar-refractivity contribution in [3.63, 3.8) is 0 Å². The fraction of sp³-hybridized carbons (Fsp3) is 0.167. The van der Waals surface area contributed by atoms with Crippen LogP contribution in [-0.2, 0) is 4.74 Å². The molecule has 0 saturated heterocycles. The summed E-state index contributed by atoms with van der Waals surface area (Å²) in [6.07, 6.45) is 11.0. The molecule has 0 saturated carbocycles. The molecule has 0 aromatic carbocycles. The summed E-state index contributed by atoms with van der Waals surface area (Å²) in [5.41, 5.74) is -0.0502. The second-order valence-electron chi connectivity index (χ2n) is 2.78. The van der Waals surface area contributed by atoms with Crippen LogP contribution in [0.3, 0.4) is 0 Å². The SMILES string of the molecule is C#CCOC(=O)c1cnc(OCC#C)c(F)c1. The summed E-state index contributed by atoms with van der Waals surface area (Å²) in [5.74, 6) is 2.47. The zero-order valence-corrected chi connectivity index (χ0v) is 8.77. The van der Waals surface area contributed by atoms with Crippen LogP contribution in [0.25, 0.3) is 0 Å². The van der Waals surface area contributed by atoms with Crippen molar-refractivity contribution in [2.75, 3.05) is 13.2 Å². The van der Waals surface area contributed by atoms with Gasteiger partial charge in [0, 0.05) is 6.20 Å². The molecule has 1 aromatic rings. The van der Waals surface area contributed by atoms with Gasteiger partial charge in [-0.05, 0) is 6.07 Å². The first-order valence-electron chi connectivity index (χ1n) is 4.51. The highest BCUT2D eigenvalue weighted by molar-refractivity contribution is 5.89. The second kappa shape index (κ2) is 6.14. The van der Waals surface area contributed by atoms with Crippen molar-refractivity contribution in [3.05, 3.63) is 23.6 Å². The van der Waals surface area contributed by atoms with Gasteiger partial charge in [0.25, 0.3) is 5.88 Å². The van der Waals surface area contributed by atoms with Crippen molar-refractivity contribution in [2.45, 2.75) is 0 Å². The van der Waals surface area contributed by atoms with Crippen LogP contribution >= 0.6 is 0 Å². The molecule has 0 spiro atoms. The van der Waals surface area contributed by atoms with E-state index in [9.17, 15) is 9.18 Å². The molecule has 0 bridgehead atoms. The number of hydrogen-bond donors (Lipinski definition) is 0. The number of halogens is 1. The minimum Gasteiger partial charge on any atom is -0.462 e. The molecule has 0 N–H and O–H groups in total. The molecule has 5 heteroatoms. The van der Waals surface area contributed by atoms with E-state index in [1.165, 1.54) is 0 Å². The minimum absolute atomic E-state index is 0.0502. The van der Waals surface area contributed by atoms with Crippen LogP contribution in [0.2, 0.25) is 0 Å². The normalized spacial score (nSPS) is 8.88. The Hall–Kier alpha value is -2.53. The monoisotopic (exact) mass is 233 g/mol. The van der Waals surface area contributed by atoms with Gasteiger partial charge in [0.05, 0.1) is 5.56 Å². The van der Waals surface area contributed by atoms with Gasteiger partial charge in [-0.15, -0.1) is 12.8 Å². The molecule has 86 valence electrons. The summed E-state index contributed by atoms with van der Waals surface area (Å²) in [4.78, 5) is 14.9. The Morgan fingerprint density at radius 1 is 1.41 bits per heavy atom. The molecule has 17 heavy (non-hydrogen) atoms. The standard InChI is InChI=1S/C12H8FNO3/c1-3-5-16-11-10(13)7-9(8-14-11)12(15)17-6-4-2/h1-2,7-8H,5-6H2. The predicted octanol–water partition coefficient (Wildman–Crippen LogP) is 1.02.